The Balaban J connectivity index is 0.00000169. The smallest absolute Gasteiger partial charge is 0.0624 e. The molecule has 0 aromatic heterocycles. The minimum Gasteiger partial charge on any atom is -0.394 e. The van der Waals surface area contributed by atoms with E-state index in [2.05, 4.69) is 19.9 Å². The second-order valence-corrected chi connectivity index (χ2v) is 3.57. The summed E-state index contributed by atoms with van der Waals surface area (Å²) in [6.07, 6.45) is 0. The highest BCUT2D eigenvalue weighted by Crippen LogP contribution is 2.23. The lowest BCUT2D eigenvalue weighted by atomic mass is 9.93. The highest BCUT2D eigenvalue weighted by Gasteiger charge is 2.11. The van der Waals surface area contributed by atoms with Gasteiger partial charge in [0.25, 0.3) is 0 Å². The van der Waals surface area contributed by atoms with Gasteiger partial charge in [-0.3, -0.25) is 0 Å². The number of benzene rings is 1. The van der Waals surface area contributed by atoms with Crippen molar-refractivity contribution >= 4 is 12.4 Å². The van der Waals surface area contributed by atoms with Crippen molar-refractivity contribution in [2.45, 2.75) is 25.8 Å². The molecule has 0 aliphatic rings. The summed E-state index contributed by atoms with van der Waals surface area (Å²) in [5.74, 6) is 0.453. The molecule has 0 heterocycles. The average Bonchev–Trinajstić information content (AvgIpc) is 2.16. The maximum absolute atomic E-state index is 8.97. The summed E-state index contributed by atoms with van der Waals surface area (Å²) in [5.41, 5.74) is 8.06. The Morgan fingerprint density at radius 3 is 2.14 bits per heavy atom. The number of halogens is 1. The van der Waals surface area contributed by atoms with Gasteiger partial charge in [-0.15, -0.1) is 12.4 Å². The predicted octanol–water partition coefficient (Wildman–Crippen LogP) is 2.22. The Bertz CT molecular complexity index is 276. The summed E-state index contributed by atoms with van der Waals surface area (Å²) in [7, 11) is 0. The Hall–Kier alpha value is -0.570. The van der Waals surface area contributed by atoms with Gasteiger partial charge in [-0.1, -0.05) is 38.1 Å². The van der Waals surface area contributed by atoms with E-state index in [-0.39, 0.29) is 25.1 Å². The fraction of sp³-hybridized carbons (Fsp3) is 0.455. The van der Waals surface area contributed by atoms with Crippen LogP contribution in [0.3, 0.4) is 0 Å². The van der Waals surface area contributed by atoms with Gasteiger partial charge in [-0.2, -0.15) is 0 Å². The molecule has 0 saturated heterocycles. The fourth-order valence-corrected chi connectivity index (χ4v) is 1.47. The molecule has 0 radical (unpaired) electrons. The van der Waals surface area contributed by atoms with Crippen LogP contribution in [-0.2, 0) is 0 Å². The summed E-state index contributed by atoms with van der Waals surface area (Å²) in [6, 6.07) is 7.75. The van der Waals surface area contributed by atoms with Crippen molar-refractivity contribution in [2.75, 3.05) is 6.61 Å². The number of rotatable bonds is 3. The molecule has 1 rings (SSSR count). The number of aliphatic hydroxyl groups is 1. The van der Waals surface area contributed by atoms with Crippen molar-refractivity contribution in [2.24, 2.45) is 5.73 Å². The van der Waals surface area contributed by atoms with Gasteiger partial charge in [-0.05, 0) is 17.0 Å². The molecule has 14 heavy (non-hydrogen) atoms. The Morgan fingerprint density at radius 1 is 1.21 bits per heavy atom. The largest absolute Gasteiger partial charge is 0.394 e. The fourth-order valence-electron chi connectivity index (χ4n) is 1.47. The molecule has 80 valence electrons. The Kier molecular flexibility index (Phi) is 5.77. The lowest BCUT2D eigenvalue weighted by Crippen LogP contribution is -2.16. The number of hydrogen-bond donors (Lipinski definition) is 2. The van der Waals surface area contributed by atoms with Crippen molar-refractivity contribution < 1.29 is 5.11 Å². The van der Waals surface area contributed by atoms with Crippen LogP contribution in [0, 0.1) is 0 Å². The van der Waals surface area contributed by atoms with Gasteiger partial charge in [0, 0.05) is 0 Å². The molecule has 3 heteroatoms. The van der Waals surface area contributed by atoms with Crippen molar-refractivity contribution in [3.05, 3.63) is 35.4 Å². The monoisotopic (exact) mass is 215 g/mol. The molecule has 3 N–H and O–H groups in total. The van der Waals surface area contributed by atoms with E-state index in [0.29, 0.717) is 5.92 Å². The third-order valence-corrected chi connectivity index (χ3v) is 2.21. The third-order valence-electron chi connectivity index (χ3n) is 2.21. The molecule has 1 atom stereocenters. The molecule has 2 nitrogen and oxygen atoms in total. The lowest BCUT2D eigenvalue weighted by molar-refractivity contribution is 0.267. The molecular weight excluding hydrogens is 198 g/mol. The molecule has 0 saturated carbocycles. The first-order valence-corrected chi connectivity index (χ1v) is 4.62. The first-order valence-electron chi connectivity index (χ1n) is 4.62. The SMILES string of the molecule is CC(C)c1ccccc1C(N)CO.Cl. The summed E-state index contributed by atoms with van der Waals surface area (Å²) in [5, 5.41) is 8.97. The molecule has 0 aliphatic heterocycles. The van der Waals surface area contributed by atoms with E-state index in [0.717, 1.165) is 5.56 Å². The van der Waals surface area contributed by atoms with Crippen molar-refractivity contribution in [3.8, 4) is 0 Å². The zero-order chi connectivity index (χ0) is 9.84. The number of aliphatic hydroxyl groups excluding tert-OH is 1. The number of hydrogen-bond acceptors (Lipinski definition) is 2. The van der Waals surface area contributed by atoms with Crippen LogP contribution in [0.2, 0.25) is 0 Å². The Morgan fingerprint density at radius 2 is 1.71 bits per heavy atom. The normalized spacial score (nSPS) is 12.4. The van der Waals surface area contributed by atoms with Crippen LogP contribution in [0.15, 0.2) is 24.3 Å². The molecule has 0 spiro atoms. The second kappa shape index (κ2) is 6.02. The van der Waals surface area contributed by atoms with Gasteiger partial charge in [0.1, 0.15) is 0 Å². The van der Waals surface area contributed by atoms with E-state index in [1.807, 2.05) is 18.2 Å². The standard InChI is InChI=1S/C11H17NO.ClH/c1-8(2)9-5-3-4-6-10(9)11(12)7-13;/h3-6,8,11,13H,7,12H2,1-2H3;1H. The Labute approximate surface area is 91.5 Å². The zero-order valence-corrected chi connectivity index (χ0v) is 9.42. The maximum Gasteiger partial charge on any atom is 0.0624 e. The highest BCUT2D eigenvalue weighted by molar-refractivity contribution is 5.85. The summed E-state index contributed by atoms with van der Waals surface area (Å²) in [4.78, 5) is 0. The van der Waals surface area contributed by atoms with Crippen LogP contribution in [0.1, 0.15) is 36.9 Å². The van der Waals surface area contributed by atoms with Crippen LogP contribution in [-0.4, -0.2) is 11.7 Å². The zero-order valence-electron chi connectivity index (χ0n) is 8.60. The quantitative estimate of drug-likeness (QED) is 0.813. The summed E-state index contributed by atoms with van der Waals surface area (Å²) >= 11 is 0. The first-order chi connectivity index (χ1) is 6.16. The van der Waals surface area contributed by atoms with Crippen molar-refractivity contribution in [1.82, 2.24) is 0 Å². The van der Waals surface area contributed by atoms with Crippen LogP contribution in [0.5, 0.6) is 0 Å². The average molecular weight is 216 g/mol. The van der Waals surface area contributed by atoms with E-state index in [9.17, 15) is 0 Å². The van der Waals surface area contributed by atoms with Crippen LogP contribution in [0.4, 0.5) is 0 Å². The lowest BCUT2D eigenvalue weighted by Gasteiger charge is -2.16. The summed E-state index contributed by atoms with van der Waals surface area (Å²) in [6.45, 7) is 4.26. The molecule has 0 aliphatic carbocycles. The summed E-state index contributed by atoms with van der Waals surface area (Å²) < 4.78 is 0. The van der Waals surface area contributed by atoms with Crippen molar-refractivity contribution in [1.29, 1.82) is 0 Å². The molecule has 0 amide bonds. The molecule has 0 bridgehead atoms. The van der Waals surface area contributed by atoms with E-state index < -0.39 is 0 Å². The van der Waals surface area contributed by atoms with E-state index in [4.69, 9.17) is 10.8 Å². The van der Waals surface area contributed by atoms with E-state index in [1.54, 1.807) is 0 Å². The van der Waals surface area contributed by atoms with Gasteiger partial charge in [0.2, 0.25) is 0 Å². The third kappa shape index (κ3) is 2.98. The molecule has 0 fully saturated rings. The van der Waals surface area contributed by atoms with Gasteiger partial charge >= 0.3 is 0 Å². The predicted molar refractivity (Wildman–Crippen MR) is 61.8 cm³/mol. The van der Waals surface area contributed by atoms with Crippen LogP contribution in [0.25, 0.3) is 0 Å². The van der Waals surface area contributed by atoms with Gasteiger partial charge in [-0.25, -0.2) is 0 Å². The van der Waals surface area contributed by atoms with E-state index >= 15 is 0 Å². The second-order valence-electron chi connectivity index (χ2n) is 3.57. The van der Waals surface area contributed by atoms with Gasteiger partial charge in [0.15, 0.2) is 0 Å². The van der Waals surface area contributed by atoms with E-state index in [1.165, 1.54) is 5.56 Å². The number of nitrogens with two attached hydrogens (primary N) is 1. The molecule has 1 unspecified atom stereocenters. The minimum atomic E-state index is -0.251. The topological polar surface area (TPSA) is 46.2 Å². The molecule has 1 aromatic carbocycles. The van der Waals surface area contributed by atoms with Gasteiger partial charge in [0.05, 0.1) is 12.6 Å². The minimum absolute atomic E-state index is 0. The van der Waals surface area contributed by atoms with Crippen LogP contribution >= 0.6 is 12.4 Å². The molecule has 1 aromatic rings. The first kappa shape index (κ1) is 13.4. The van der Waals surface area contributed by atoms with Gasteiger partial charge < -0.3 is 10.8 Å². The van der Waals surface area contributed by atoms with Crippen molar-refractivity contribution in [3.63, 3.8) is 0 Å². The van der Waals surface area contributed by atoms with Crippen LogP contribution < -0.4 is 5.73 Å². The maximum atomic E-state index is 8.97. The highest BCUT2D eigenvalue weighted by atomic mass is 35.5. The molecular formula is C11H18ClNO.